The molecule has 0 radical (unpaired) electrons. The molecule has 0 aliphatic carbocycles. The van der Waals surface area contributed by atoms with Crippen LogP contribution in [0.1, 0.15) is 24.2 Å². The Morgan fingerprint density at radius 2 is 2.06 bits per heavy atom. The van der Waals surface area contributed by atoms with Gasteiger partial charge in [0, 0.05) is 18.2 Å². The van der Waals surface area contributed by atoms with Crippen molar-refractivity contribution in [1.29, 1.82) is 0 Å². The lowest BCUT2D eigenvalue weighted by Gasteiger charge is -2.44. The van der Waals surface area contributed by atoms with E-state index in [0.717, 1.165) is 0 Å². The summed E-state index contributed by atoms with van der Waals surface area (Å²) in [6, 6.07) is 6.78. The fourth-order valence-corrected chi connectivity index (χ4v) is 2.04. The molecule has 1 aliphatic heterocycles. The van der Waals surface area contributed by atoms with Crippen LogP contribution < -0.4 is 5.32 Å². The van der Waals surface area contributed by atoms with Crippen LogP contribution in [0.4, 0.5) is 5.69 Å². The molecule has 1 fully saturated rings. The van der Waals surface area contributed by atoms with E-state index in [2.05, 4.69) is 5.32 Å². The third-order valence-electron chi connectivity index (χ3n) is 2.78. The zero-order chi connectivity index (χ0) is 13.3. The molecule has 1 heterocycles. The molecule has 2 N–H and O–H groups in total. The second-order valence-electron chi connectivity index (χ2n) is 4.92. The molecular formula is C13H16N2O3. The number of anilines is 1. The van der Waals surface area contributed by atoms with Gasteiger partial charge in [0.1, 0.15) is 0 Å². The average molecular weight is 248 g/mol. The highest BCUT2D eigenvalue weighted by molar-refractivity contribution is 5.97. The maximum atomic E-state index is 12.1. The number of rotatable bonds is 2. The second-order valence-corrected chi connectivity index (χ2v) is 4.92. The summed E-state index contributed by atoms with van der Waals surface area (Å²) >= 11 is 0. The van der Waals surface area contributed by atoms with Gasteiger partial charge in [0.25, 0.3) is 5.91 Å². The average Bonchev–Trinajstić information content (AvgIpc) is 2.24. The van der Waals surface area contributed by atoms with E-state index >= 15 is 0 Å². The van der Waals surface area contributed by atoms with Gasteiger partial charge in [-0.25, -0.2) is 0 Å². The maximum Gasteiger partial charge on any atom is 0.254 e. The number of likely N-dealkylation sites (tertiary alicyclic amines) is 1. The maximum absolute atomic E-state index is 12.1. The number of nitrogens with one attached hydrogen (secondary N) is 1. The minimum absolute atomic E-state index is 0.131. The smallest absolute Gasteiger partial charge is 0.254 e. The first-order valence-electron chi connectivity index (χ1n) is 5.77. The molecule has 18 heavy (non-hydrogen) atoms. The van der Waals surface area contributed by atoms with Crippen LogP contribution in [0.25, 0.3) is 0 Å². The summed E-state index contributed by atoms with van der Waals surface area (Å²) in [5, 5.41) is 12.2. The lowest BCUT2D eigenvalue weighted by Crippen LogP contribution is -2.61. The molecule has 0 unspecified atom stereocenters. The SMILES string of the molecule is CC(=O)Nc1cccc(C(=O)N2CC(C)(O)C2)c1. The van der Waals surface area contributed by atoms with Crippen LogP contribution in [0.2, 0.25) is 0 Å². The Morgan fingerprint density at radius 1 is 1.39 bits per heavy atom. The second kappa shape index (κ2) is 4.42. The Hall–Kier alpha value is -1.88. The van der Waals surface area contributed by atoms with E-state index < -0.39 is 5.60 Å². The Bertz CT molecular complexity index is 489. The monoisotopic (exact) mass is 248 g/mol. The number of β-amino-alcohol motifs (C(OH)–C–C–N with tert-alkyl or cyclic N) is 1. The quantitative estimate of drug-likeness (QED) is 0.815. The molecule has 0 spiro atoms. The van der Waals surface area contributed by atoms with Gasteiger partial charge in [0.2, 0.25) is 5.91 Å². The third-order valence-corrected chi connectivity index (χ3v) is 2.78. The van der Waals surface area contributed by atoms with Crippen LogP contribution in [-0.4, -0.2) is 40.5 Å². The lowest BCUT2D eigenvalue weighted by molar-refractivity contribution is -0.114. The lowest BCUT2D eigenvalue weighted by atomic mass is 9.96. The van der Waals surface area contributed by atoms with Crippen molar-refractivity contribution < 1.29 is 14.7 Å². The standard InChI is InChI=1S/C13H16N2O3/c1-9(16)14-11-5-3-4-10(6-11)12(17)15-7-13(2,18)8-15/h3-6,18H,7-8H2,1-2H3,(H,14,16). The minimum atomic E-state index is -0.773. The Labute approximate surface area is 105 Å². The van der Waals surface area contributed by atoms with Crippen molar-refractivity contribution >= 4 is 17.5 Å². The Morgan fingerprint density at radius 3 is 2.61 bits per heavy atom. The molecule has 1 aromatic carbocycles. The molecular weight excluding hydrogens is 232 g/mol. The summed E-state index contributed by atoms with van der Waals surface area (Å²) in [6.07, 6.45) is 0. The molecule has 1 saturated heterocycles. The van der Waals surface area contributed by atoms with Crippen LogP contribution >= 0.6 is 0 Å². The van der Waals surface area contributed by atoms with Gasteiger partial charge in [-0.1, -0.05) is 6.07 Å². The number of carbonyl (C=O) groups excluding carboxylic acids is 2. The van der Waals surface area contributed by atoms with Crippen LogP contribution in [-0.2, 0) is 4.79 Å². The van der Waals surface area contributed by atoms with Crippen LogP contribution in [0.5, 0.6) is 0 Å². The highest BCUT2D eigenvalue weighted by Gasteiger charge is 2.39. The number of carbonyl (C=O) groups is 2. The number of amides is 2. The van der Waals surface area contributed by atoms with Crippen LogP contribution in [0, 0.1) is 0 Å². The van der Waals surface area contributed by atoms with Gasteiger partial charge in [-0.2, -0.15) is 0 Å². The van der Waals surface area contributed by atoms with Crippen molar-refractivity contribution in [1.82, 2.24) is 4.90 Å². The van der Waals surface area contributed by atoms with Crippen LogP contribution in [0.15, 0.2) is 24.3 Å². The topological polar surface area (TPSA) is 69.6 Å². The van der Waals surface area contributed by atoms with Crippen LogP contribution in [0.3, 0.4) is 0 Å². The molecule has 0 atom stereocenters. The van der Waals surface area contributed by atoms with E-state index in [1.165, 1.54) is 6.92 Å². The van der Waals surface area contributed by atoms with Crippen molar-refractivity contribution in [3.8, 4) is 0 Å². The van der Waals surface area contributed by atoms with E-state index in [1.807, 2.05) is 0 Å². The van der Waals surface area contributed by atoms with E-state index in [-0.39, 0.29) is 11.8 Å². The molecule has 2 rings (SSSR count). The zero-order valence-electron chi connectivity index (χ0n) is 10.4. The predicted octanol–water partition coefficient (Wildman–Crippen LogP) is 0.852. The first-order valence-corrected chi connectivity index (χ1v) is 5.77. The minimum Gasteiger partial charge on any atom is -0.386 e. The molecule has 5 nitrogen and oxygen atoms in total. The summed E-state index contributed by atoms with van der Waals surface area (Å²) in [7, 11) is 0. The molecule has 2 amide bonds. The molecule has 96 valence electrons. The van der Waals surface area contributed by atoms with Crippen molar-refractivity contribution in [2.75, 3.05) is 18.4 Å². The first kappa shape index (κ1) is 12.6. The van der Waals surface area contributed by atoms with Gasteiger partial charge in [0.05, 0.1) is 18.7 Å². The van der Waals surface area contributed by atoms with Gasteiger partial charge < -0.3 is 15.3 Å². The van der Waals surface area contributed by atoms with E-state index in [0.29, 0.717) is 24.3 Å². The van der Waals surface area contributed by atoms with Gasteiger partial charge in [-0.05, 0) is 25.1 Å². The van der Waals surface area contributed by atoms with E-state index in [4.69, 9.17) is 0 Å². The molecule has 5 heteroatoms. The third kappa shape index (κ3) is 2.68. The fraction of sp³-hybridized carbons (Fsp3) is 0.385. The zero-order valence-corrected chi connectivity index (χ0v) is 10.4. The Kier molecular flexibility index (Phi) is 3.09. The van der Waals surface area contributed by atoms with Gasteiger partial charge in [0.15, 0.2) is 0 Å². The molecule has 1 aliphatic rings. The number of hydrogen-bond acceptors (Lipinski definition) is 3. The summed E-state index contributed by atoms with van der Waals surface area (Å²) < 4.78 is 0. The van der Waals surface area contributed by atoms with E-state index in [9.17, 15) is 14.7 Å². The van der Waals surface area contributed by atoms with Crippen molar-refractivity contribution in [3.63, 3.8) is 0 Å². The first-order chi connectivity index (χ1) is 8.37. The number of benzene rings is 1. The van der Waals surface area contributed by atoms with E-state index in [1.54, 1.807) is 36.1 Å². The highest BCUT2D eigenvalue weighted by Crippen LogP contribution is 2.23. The Balaban J connectivity index is 2.09. The van der Waals surface area contributed by atoms with Gasteiger partial charge >= 0.3 is 0 Å². The largest absolute Gasteiger partial charge is 0.386 e. The fourth-order valence-electron chi connectivity index (χ4n) is 2.04. The summed E-state index contributed by atoms with van der Waals surface area (Å²) in [5.74, 6) is -0.305. The summed E-state index contributed by atoms with van der Waals surface area (Å²) in [5.41, 5.74) is 0.336. The van der Waals surface area contributed by atoms with Crippen molar-refractivity contribution in [2.24, 2.45) is 0 Å². The number of hydrogen-bond donors (Lipinski definition) is 2. The molecule has 0 aromatic heterocycles. The van der Waals surface area contributed by atoms with Gasteiger partial charge in [-0.15, -0.1) is 0 Å². The summed E-state index contributed by atoms with van der Waals surface area (Å²) in [4.78, 5) is 24.6. The normalized spacial score (nSPS) is 16.9. The molecule has 0 saturated carbocycles. The number of aliphatic hydroxyl groups is 1. The summed E-state index contributed by atoms with van der Waals surface area (Å²) in [6.45, 7) is 3.80. The molecule has 0 bridgehead atoms. The van der Waals surface area contributed by atoms with Crippen molar-refractivity contribution in [2.45, 2.75) is 19.4 Å². The molecule has 1 aromatic rings. The predicted molar refractivity (Wildman–Crippen MR) is 67.3 cm³/mol. The van der Waals surface area contributed by atoms with Gasteiger partial charge in [-0.3, -0.25) is 9.59 Å². The number of nitrogens with zero attached hydrogens (tertiary/aromatic N) is 1. The van der Waals surface area contributed by atoms with Crippen molar-refractivity contribution in [3.05, 3.63) is 29.8 Å². The highest BCUT2D eigenvalue weighted by atomic mass is 16.3.